The second kappa shape index (κ2) is 6.87. The number of aliphatic carboxylic acids is 1. The molecule has 2 aromatic carbocycles. The summed E-state index contributed by atoms with van der Waals surface area (Å²) in [5.74, 6) is -1.31. The van der Waals surface area contributed by atoms with E-state index < -0.39 is 11.9 Å². The highest BCUT2D eigenvalue weighted by Gasteiger charge is 2.18. The van der Waals surface area contributed by atoms with Crippen LogP contribution in [-0.2, 0) is 11.3 Å². The molecule has 0 saturated heterocycles. The van der Waals surface area contributed by atoms with Gasteiger partial charge in [0.25, 0.3) is 0 Å². The summed E-state index contributed by atoms with van der Waals surface area (Å²) in [6, 6.07) is 17.5. The van der Waals surface area contributed by atoms with E-state index in [-0.39, 0.29) is 0 Å². The summed E-state index contributed by atoms with van der Waals surface area (Å²) in [6.45, 7) is 3.17. The Morgan fingerprint density at radius 2 is 1.75 bits per heavy atom. The molecule has 0 aliphatic heterocycles. The molecule has 0 radical (unpaired) electrons. The van der Waals surface area contributed by atoms with Gasteiger partial charge in [-0.3, -0.25) is 4.79 Å². The van der Waals surface area contributed by atoms with Crippen LogP contribution in [0.4, 0.5) is 0 Å². The number of carboxylic acids is 1. The molecule has 2 N–H and O–H groups in total. The lowest BCUT2D eigenvalue weighted by Gasteiger charge is -2.14. The van der Waals surface area contributed by atoms with Crippen molar-refractivity contribution in [2.75, 3.05) is 6.54 Å². The number of benzene rings is 2. The maximum Gasteiger partial charge on any atom is 0.312 e. The lowest BCUT2D eigenvalue weighted by atomic mass is 9.99. The Morgan fingerprint density at radius 3 is 2.40 bits per heavy atom. The van der Waals surface area contributed by atoms with Gasteiger partial charge < -0.3 is 10.4 Å². The zero-order valence-corrected chi connectivity index (χ0v) is 11.5. The molecule has 0 aromatic heterocycles. The van der Waals surface area contributed by atoms with Crippen LogP contribution in [0.3, 0.4) is 0 Å². The maximum absolute atomic E-state index is 11.4. The van der Waals surface area contributed by atoms with E-state index in [9.17, 15) is 9.90 Å². The number of carbonyl (C=O) groups is 1. The molecule has 3 heteroatoms. The van der Waals surface area contributed by atoms with Gasteiger partial charge in [-0.2, -0.15) is 0 Å². The van der Waals surface area contributed by atoms with Crippen molar-refractivity contribution in [3.63, 3.8) is 0 Å². The first-order valence-electron chi connectivity index (χ1n) is 6.71. The topological polar surface area (TPSA) is 49.3 Å². The smallest absolute Gasteiger partial charge is 0.312 e. The van der Waals surface area contributed by atoms with Crippen LogP contribution in [0.1, 0.15) is 22.6 Å². The zero-order valence-electron chi connectivity index (χ0n) is 11.5. The molecule has 20 heavy (non-hydrogen) atoms. The van der Waals surface area contributed by atoms with Crippen molar-refractivity contribution < 1.29 is 9.90 Å². The maximum atomic E-state index is 11.4. The van der Waals surface area contributed by atoms with E-state index in [4.69, 9.17) is 0 Å². The molecule has 0 saturated carbocycles. The minimum Gasteiger partial charge on any atom is -0.481 e. The molecule has 0 spiro atoms. The third-order valence-corrected chi connectivity index (χ3v) is 3.43. The fourth-order valence-electron chi connectivity index (χ4n) is 2.19. The van der Waals surface area contributed by atoms with Gasteiger partial charge in [-0.1, -0.05) is 54.6 Å². The fourth-order valence-corrected chi connectivity index (χ4v) is 2.19. The van der Waals surface area contributed by atoms with E-state index in [1.165, 1.54) is 11.1 Å². The van der Waals surface area contributed by atoms with Gasteiger partial charge in [0.1, 0.15) is 0 Å². The molecule has 0 aliphatic rings. The number of hydrogen-bond acceptors (Lipinski definition) is 2. The minimum atomic E-state index is -0.798. The van der Waals surface area contributed by atoms with E-state index in [0.717, 1.165) is 5.56 Å². The summed E-state index contributed by atoms with van der Waals surface area (Å²) >= 11 is 0. The van der Waals surface area contributed by atoms with E-state index in [2.05, 4.69) is 24.4 Å². The molecule has 0 amide bonds. The van der Waals surface area contributed by atoms with Gasteiger partial charge in [0.05, 0.1) is 5.92 Å². The summed E-state index contributed by atoms with van der Waals surface area (Å²) in [5, 5.41) is 12.6. The van der Waals surface area contributed by atoms with Crippen molar-refractivity contribution in [2.45, 2.75) is 19.4 Å². The van der Waals surface area contributed by atoms with E-state index in [0.29, 0.717) is 13.1 Å². The zero-order chi connectivity index (χ0) is 14.4. The van der Waals surface area contributed by atoms with Crippen molar-refractivity contribution in [1.29, 1.82) is 0 Å². The number of nitrogens with one attached hydrogen (secondary N) is 1. The number of carboxylic acid groups (broad SMARTS) is 1. The van der Waals surface area contributed by atoms with Crippen LogP contribution < -0.4 is 5.32 Å². The van der Waals surface area contributed by atoms with Crippen molar-refractivity contribution in [3.05, 3.63) is 71.3 Å². The molecule has 1 unspecified atom stereocenters. The highest BCUT2D eigenvalue weighted by Crippen LogP contribution is 2.15. The van der Waals surface area contributed by atoms with E-state index >= 15 is 0 Å². The van der Waals surface area contributed by atoms with Crippen LogP contribution in [0.5, 0.6) is 0 Å². The SMILES string of the molecule is Cc1ccccc1CNCC(C(=O)O)c1ccccc1. The van der Waals surface area contributed by atoms with Gasteiger partial charge in [0, 0.05) is 13.1 Å². The lowest BCUT2D eigenvalue weighted by Crippen LogP contribution is -2.26. The van der Waals surface area contributed by atoms with Crippen molar-refractivity contribution in [2.24, 2.45) is 0 Å². The predicted octanol–water partition coefficient (Wildman–Crippen LogP) is 2.95. The third-order valence-electron chi connectivity index (χ3n) is 3.43. The number of hydrogen-bond donors (Lipinski definition) is 2. The first-order chi connectivity index (χ1) is 9.68. The molecule has 2 aromatic rings. The van der Waals surface area contributed by atoms with Gasteiger partial charge in [-0.15, -0.1) is 0 Å². The molecule has 0 bridgehead atoms. The van der Waals surface area contributed by atoms with Crippen LogP contribution in [0.2, 0.25) is 0 Å². The third kappa shape index (κ3) is 3.68. The summed E-state index contributed by atoms with van der Waals surface area (Å²) in [5.41, 5.74) is 3.24. The summed E-state index contributed by atoms with van der Waals surface area (Å²) in [7, 11) is 0. The van der Waals surface area contributed by atoms with Crippen molar-refractivity contribution in [3.8, 4) is 0 Å². The Hall–Kier alpha value is -2.13. The highest BCUT2D eigenvalue weighted by molar-refractivity contribution is 5.76. The average molecular weight is 269 g/mol. The Kier molecular flexibility index (Phi) is 4.91. The quantitative estimate of drug-likeness (QED) is 0.847. The van der Waals surface area contributed by atoms with E-state index in [1.807, 2.05) is 42.5 Å². The first-order valence-corrected chi connectivity index (χ1v) is 6.71. The molecular weight excluding hydrogens is 250 g/mol. The molecule has 2 rings (SSSR count). The largest absolute Gasteiger partial charge is 0.481 e. The molecule has 0 heterocycles. The summed E-state index contributed by atoms with van der Waals surface area (Å²) in [4.78, 5) is 11.4. The Labute approximate surface area is 119 Å². The van der Waals surface area contributed by atoms with E-state index in [1.54, 1.807) is 0 Å². The molecule has 0 aliphatic carbocycles. The highest BCUT2D eigenvalue weighted by atomic mass is 16.4. The minimum absolute atomic E-state index is 0.424. The average Bonchev–Trinajstić information content (AvgIpc) is 2.46. The molecule has 3 nitrogen and oxygen atoms in total. The second-order valence-corrected chi connectivity index (χ2v) is 4.86. The number of aryl methyl sites for hydroxylation is 1. The monoisotopic (exact) mass is 269 g/mol. The number of rotatable bonds is 6. The first kappa shape index (κ1) is 14.3. The van der Waals surface area contributed by atoms with Crippen LogP contribution in [-0.4, -0.2) is 17.6 Å². The standard InChI is InChI=1S/C17H19NO2/c1-13-7-5-6-10-15(13)11-18-12-16(17(19)20)14-8-3-2-4-9-14/h2-10,16,18H,11-12H2,1H3,(H,19,20). The van der Waals surface area contributed by atoms with Gasteiger partial charge in [-0.05, 0) is 23.6 Å². The van der Waals surface area contributed by atoms with Crippen molar-refractivity contribution >= 4 is 5.97 Å². The van der Waals surface area contributed by atoms with Crippen LogP contribution in [0.25, 0.3) is 0 Å². The van der Waals surface area contributed by atoms with Crippen LogP contribution >= 0.6 is 0 Å². The predicted molar refractivity (Wildman–Crippen MR) is 79.7 cm³/mol. The summed E-state index contributed by atoms with van der Waals surface area (Å²) < 4.78 is 0. The Balaban J connectivity index is 1.97. The summed E-state index contributed by atoms with van der Waals surface area (Å²) in [6.07, 6.45) is 0. The van der Waals surface area contributed by atoms with Gasteiger partial charge >= 0.3 is 5.97 Å². The Morgan fingerprint density at radius 1 is 1.10 bits per heavy atom. The molecule has 1 atom stereocenters. The van der Waals surface area contributed by atoms with Crippen LogP contribution in [0, 0.1) is 6.92 Å². The lowest BCUT2D eigenvalue weighted by molar-refractivity contribution is -0.138. The fraction of sp³-hybridized carbons (Fsp3) is 0.235. The van der Waals surface area contributed by atoms with Crippen LogP contribution in [0.15, 0.2) is 54.6 Å². The van der Waals surface area contributed by atoms with Gasteiger partial charge in [0.15, 0.2) is 0 Å². The van der Waals surface area contributed by atoms with Gasteiger partial charge in [0.2, 0.25) is 0 Å². The van der Waals surface area contributed by atoms with Crippen molar-refractivity contribution in [1.82, 2.24) is 5.32 Å². The molecule has 104 valence electrons. The molecule has 0 fully saturated rings. The second-order valence-electron chi connectivity index (χ2n) is 4.86. The normalized spacial score (nSPS) is 12.1. The Bertz CT molecular complexity index is 566. The van der Waals surface area contributed by atoms with Gasteiger partial charge in [-0.25, -0.2) is 0 Å². The molecular formula is C17H19NO2.